The van der Waals surface area contributed by atoms with E-state index in [2.05, 4.69) is 31.2 Å². The zero-order valence-corrected chi connectivity index (χ0v) is 21.0. The second-order valence-corrected chi connectivity index (χ2v) is 10.3. The SMILES string of the molecule is CCCSc1ccc(-c2nn(-c3ccccc3)cc2/C=C2\SC(=S)N(CCOC)C2=O)cc1. The fourth-order valence-corrected chi connectivity index (χ4v) is 5.44. The summed E-state index contributed by atoms with van der Waals surface area (Å²) in [7, 11) is 1.61. The number of methoxy groups -OCH3 is 1. The highest BCUT2D eigenvalue weighted by Crippen LogP contribution is 2.35. The molecule has 8 heteroatoms. The Morgan fingerprint density at radius 2 is 1.91 bits per heavy atom. The van der Waals surface area contributed by atoms with Gasteiger partial charge in [0, 0.05) is 29.3 Å². The predicted molar refractivity (Wildman–Crippen MR) is 142 cm³/mol. The monoisotopic (exact) mass is 495 g/mol. The van der Waals surface area contributed by atoms with Crippen LogP contribution < -0.4 is 0 Å². The lowest BCUT2D eigenvalue weighted by atomic mass is 10.1. The summed E-state index contributed by atoms with van der Waals surface area (Å²) in [5.41, 5.74) is 3.67. The Bertz CT molecular complexity index is 1160. The van der Waals surface area contributed by atoms with Crippen molar-refractivity contribution in [3.8, 4) is 16.9 Å². The van der Waals surface area contributed by atoms with Crippen LogP contribution in [0.1, 0.15) is 18.9 Å². The van der Waals surface area contributed by atoms with E-state index in [1.54, 1.807) is 12.0 Å². The fourth-order valence-electron chi connectivity index (χ4n) is 3.38. The van der Waals surface area contributed by atoms with Crippen molar-refractivity contribution < 1.29 is 9.53 Å². The molecular formula is C25H25N3O2S3. The molecule has 0 atom stereocenters. The summed E-state index contributed by atoms with van der Waals surface area (Å²) in [6.45, 7) is 3.08. The van der Waals surface area contributed by atoms with Crippen molar-refractivity contribution in [2.75, 3.05) is 26.0 Å². The van der Waals surface area contributed by atoms with Gasteiger partial charge in [0.15, 0.2) is 0 Å². The number of thioether (sulfide) groups is 2. The normalized spacial score (nSPS) is 15.1. The van der Waals surface area contributed by atoms with Crippen LogP contribution in [0.25, 0.3) is 23.0 Å². The van der Waals surface area contributed by atoms with E-state index in [-0.39, 0.29) is 5.91 Å². The number of rotatable bonds is 9. The molecule has 1 fully saturated rings. The number of benzene rings is 2. The summed E-state index contributed by atoms with van der Waals surface area (Å²) in [6.07, 6.45) is 5.00. The van der Waals surface area contributed by atoms with Gasteiger partial charge < -0.3 is 4.74 Å². The van der Waals surface area contributed by atoms with Gasteiger partial charge in [-0.25, -0.2) is 4.68 Å². The largest absolute Gasteiger partial charge is 0.383 e. The lowest BCUT2D eigenvalue weighted by Crippen LogP contribution is -2.31. The first-order valence-corrected chi connectivity index (χ1v) is 12.9. The number of hydrogen-bond donors (Lipinski definition) is 0. The lowest BCUT2D eigenvalue weighted by Gasteiger charge is -2.12. The van der Waals surface area contributed by atoms with Crippen molar-refractivity contribution in [3.63, 3.8) is 0 Å². The molecule has 1 aromatic heterocycles. The smallest absolute Gasteiger partial charge is 0.266 e. The maximum atomic E-state index is 13.0. The topological polar surface area (TPSA) is 47.4 Å². The molecular weight excluding hydrogens is 470 g/mol. The Morgan fingerprint density at radius 3 is 2.61 bits per heavy atom. The highest BCUT2D eigenvalue weighted by atomic mass is 32.2. The molecule has 33 heavy (non-hydrogen) atoms. The van der Waals surface area contributed by atoms with Gasteiger partial charge in [0.2, 0.25) is 0 Å². The van der Waals surface area contributed by atoms with Gasteiger partial charge in [-0.1, -0.05) is 61.2 Å². The molecule has 0 radical (unpaired) electrons. The highest BCUT2D eigenvalue weighted by Gasteiger charge is 2.32. The van der Waals surface area contributed by atoms with Gasteiger partial charge in [-0.15, -0.1) is 11.8 Å². The molecule has 0 bridgehead atoms. The second-order valence-electron chi connectivity index (χ2n) is 7.41. The van der Waals surface area contributed by atoms with Crippen LogP contribution in [-0.2, 0) is 9.53 Å². The molecule has 1 aliphatic heterocycles. The Hall–Kier alpha value is -2.39. The van der Waals surface area contributed by atoms with Crippen molar-refractivity contribution >= 4 is 52.0 Å². The van der Waals surface area contributed by atoms with E-state index in [1.807, 2.05) is 59.0 Å². The van der Waals surface area contributed by atoms with E-state index in [1.165, 1.54) is 16.7 Å². The van der Waals surface area contributed by atoms with Crippen LogP contribution in [0.4, 0.5) is 0 Å². The Kier molecular flexibility index (Phi) is 8.03. The van der Waals surface area contributed by atoms with E-state index in [4.69, 9.17) is 22.1 Å². The van der Waals surface area contributed by atoms with Gasteiger partial charge in [0.25, 0.3) is 5.91 Å². The summed E-state index contributed by atoms with van der Waals surface area (Å²) < 4.78 is 7.53. The molecule has 0 aliphatic carbocycles. The maximum Gasteiger partial charge on any atom is 0.266 e. The number of amides is 1. The van der Waals surface area contributed by atoms with Crippen LogP contribution in [-0.4, -0.2) is 50.9 Å². The van der Waals surface area contributed by atoms with E-state index >= 15 is 0 Å². The van der Waals surface area contributed by atoms with Gasteiger partial charge in [-0.2, -0.15) is 5.10 Å². The zero-order valence-electron chi connectivity index (χ0n) is 18.6. The quantitative estimate of drug-likeness (QED) is 0.210. The first-order valence-electron chi connectivity index (χ1n) is 10.7. The Morgan fingerprint density at radius 1 is 1.15 bits per heavy atom. The van der Waals surface area contributed by atoms with E-state index < -0.39 is 0 Å². The Balaban J connectivity index is 1.71. The molecule has 2 heterocycles. The van der Waals surface area contributed by atoms with E-state index in [9.17, 15) is 4.79 Å². The van der Waals surface area contributed by atoms with Crippen LogP contribution in [0.5, 0.6) is 0 Å². The molecule has 0 saturated carbocycles. The lowest BCUT2D eigenvalue weighted by molar-refractivity contribution is -0.122. The minimum Gasteiger partial charge on any atom is -0.383 e. The summed E-state index contributed by atoms with van der Waals surface area (Å²) in [5.74, 6) is 1.00. The molecule has 3 aromatic rings. The number of carbonyl (C=O) groups is 1. The fraction of sp³-hybridized carbons (Fsp3) is 0.240. The van der Waals surface area contributed by atoms with Gasteiger partial charge in [0.05, 0.1) is 29.4 Å². The third-order valence-electron chi connectivity index (χ3n) is 5.04. The van der Waals surface area contributed by atoms with Crippen LogP contribution in [0.3, 0.4) is 0 Å². The van der Waals surface area contributed by atoms with Crippen LogP contribution in [0.15, 0.2) is 70.6 Å². The average molecular weight is 496 g/mol. The maximum absolute atomic E-state index is 13.0. The summed E-state index contributed by atoms with van der Waals surface area (Å²) in [5, 5.41) is 4.88. The molecule has 170 valence electrons. The molecule has 0 N–H and O–H groups in total. The first-order chi connectivity index (χ1) is 16.1. The van der Waals surface area contributed by atoms with Crippen molar-refractivity contribution in [2.24, 2.45) is 0 Å². The third kappa shape index (κ3) is 5.58. The molecule has 0 spiro atoms. The minimum atomic E-state index is -0.0909. The standard InChI is InChI=1S/C25H25N3O2S3/c1-3-15-32-21-11-9-18(10-12-21)23-19(17-28(26-23)20-7-5-4-6-8-20)16-22-24(29)27(13-14-30-2)25(31)33-22/h4-12,16-17H,3,13-15H2,1-2H3/b22-16-. The highest BCUT2D eigenvalue weighted by molar-refractivity contribution is 8.26. The predicted octanol–water partition coefficient (Wildman–Crippen LogP) is 5.89. The number of para-hydroxylation sites is 1. The number of hydrogen-bond acceptors (Lipinski definition) is 6. The summed E-state index contributed by atoms with van der Waals surface area (Å²) in [4.78, 5) is 16.4. The number of carbonyl (C=O) groups excluding carboxylic acids is 1. The van der Waals surface area contributed by atoms with Crippen LogP contribution in [0.2, 0.25) is 0 Å². The van der Waals surface area contributed by atoms with E-state index in [0.29, 0.717) is 22.4 Å². The van der Waals surface area contributed by atoms with Crippen molar-refractivity contribution in [2.45, 2.75) is 18.2 Å². The van der Waals surface area contributed by atoms with Gasteiger partial charge >= 0.3 is 0 Å². The first kappa shape index (κ1) is 23.8. The second kappa shape index (κ2) is 11.2. The van der Waals surface area contributed by atoms with Crippen molar-refractivity contribution in [1.82, 2.24) is 14.7 Å². The zero-order chi connectivity index (χ0) is 23.2. The molecule has 0 unspecified atom stereocenters. The van der Waals surface area contributed by atoms with Crippen LogP contribution >= 0.6 is 35.7 Å². The third-order valence-corrected chi connectivity index (χ3v) is 7.64. The Labute approximate surface area is 208 Å². The van der Waals surface area contributed by atoms with Gasteiger partial charge in [0.1, 0.15) is 4.32 Å². The molecule has 1 aliphatic rings. The number of thiocarbonyl (C=S) groups is 1. The number of ether oxygens (including phenoxy) is 1. The van der Waals surface area contributed by atoms with Gasteiger partial charge in [-0.05, 0) is 42.5 Å². The number of nitrogens with zero attached hydrogens (tertiary/aromatic N) is 3. The van der Waals surface area contributed by atoms with Crippen molar-refractivity contribution in [3.05, 3.63) is 71.3 Å². The number of aromatic nitrogens is 2. The van der Waals surface area contributed by atoms with E-state index in [0.717, 1.165) is 34.7 Å². The van der Waals surface area contributed by atoms with Gasteiger partial charge in [-0.3, -0.25) is 9.69 Å². The molecule has 5 nitrogen and oxygen atoms in total. The summed E-state index contributed by atoms with van der Waals surface area (Å²) in [6, 6.07) is 18.4. The molecule has 1 saturated heterocycles. The molecule has 2 aromatic carbocycles. The average Bonchev–Trinajstić information content (AvgIpc) is 3.38. The molecule has 1 amide bonds. The molecule has 4 rings (SSSR count). The van der Waals surface area contributed by atoms with Crippen molar-refractivity contribution in [1.29, 1.82) is 0 Å². The minimum absolute atomic E-state index is 0.0909. The van der Waals surface area contributed by atoms with Crippen LogP contribution in [0, 0.1) is 0 Å². The summed E-state index contributed by atoms with van der Waals surface area (Å²) >= 11 is 8.60.